The fourth-order valence-corrected chi connectivity index (χ4v) is 2.67. The Morgan fingerprint density at radius 1 is 1.09 bits per heavy atom. The number of aliphatic carboxylic acids is 1. The first-order chi connectivity index (χ1) is 10.6. The van der Waals surface area contributed by atoms with Crippen LogP contribution in [0.4, 0.5) is 0 Å². The molecular weight excluding hydrogens is 348 g/mol. The van der Waals surface area contributed by atoms with Gasteiger partial charge in [-0.2, -0.15) is 0 Å². The number of hydrogen-bond acceptors (Lipinski definition) is 3. The Morgan fingerprint density at radius 2 is 1.77 bits per heavy atom. The van der Waals surface area contributed by atoms with E-state index < -0.39 is 11.9 Å². The van der Waals surface area contributed by atoms with Crippen LogP contribution >= 0.6 is 15.9 Å². The van der Waals surface area contributed by atoms with Gasteiger partial charge in [-0.25, -0.2) is 0 Å². The van der Waals surface area contributed by atoms with Crippen LogP contribution in [0.1, 0.15) is 17.0 Å². The molecule has 0 bridgehead atoms. The summed E-state index contributed by atoms with van der Waals surface area (Å²) in [5, 5.41) is 9.93. The van der Waals surface area contributed by atoms with Crippen molar-refractivity contribution in [2.75, 3.05) is 0 Å². The molecule has 110 valence electrons. The lowest BCUT2D eigenvalue weighted by molar-refractivity contribution is -0.137. The quantitative estimate of drug-likeness (QED) is 0.773. The van der Waals surface area contributed by atoms with Crippen molar-refractivity contribution in [1.29, 1.82) is 0 Å². The number of carboxylic acid groups (broad SMARTS) is 1. The lowest BCUT2D eigenvalue weighted by Gasteiger charge is -2.12. The van der Waals surface area contributed by atoms with E-state index >= 15 is 0 Å². The molecule has 22 heavy (non-hydrogen) atoms. The van der Waals surface area contributed by atoms with Crippen molar-refractivity contribution in [1.82, 2.24) is 0 Å². The topological polar surface area (TPSA) is 67.5 Å². The number of rotatable bonds is 3. The van der Waals surface area contributed by atoms with E-state index in [4.69, 9.17) is 4.42 Å². The largest absolute Gasteiger partial charge is 0.481 e. The van der Waals surface area contributed by atoms with Crippen molar-refractivity contribution in [3.8, 4) is 0 Å². The van der Waals surface area contributed by atoms with E-state index in [0.29, 0.717) is 16.5 Å². The Bertz CT molecular complexity index is 896. The van der Waals surface area contributed by atoms with Crippen LogP contribution < -0.4 is 5.43 Å². The molecule has 3 aromatic rings. The fourth-order valence-electron chi connectivity index (χ4n) is 2.40. The van der Waals surface area contributed by atoms with Crippen LogP contribution in [0.3, 0.4) is 0 Å². The van der Waals surface area contributed by atoms with E-state index in [1.165, 1.54) is 6.26 Å². The monoisotopic (exact) mass is 358 g/mol. The molecule has 0 aliphatic carbocycles. The van der Waals surface area contributed by atoms with Gasteiger partial charge in [-0.1, -0.05) is 40.2 Å². The van der Waals surface area contributed by atoms with Crippen LogP contribution in [0.25, 0.3) is 11.0 Å². The first kappa shape index (κ1) is 14.5. The average molecular weight is 359 g/mol. The van der Waals surface area contributed by atoms with Gasteiger partial charge in [0.25, 0.3) is 0 Å². The smallest absolute Gasteiger partial charge is 0.315 e. The maximum Gasteiger partial charge on any atom is 0.315 e. The highest BCUT2D eigenvalue weighted by atomic mass is 79.9. The number of carboxylic acids is 1. The number of carbonyl (C=O) groups is 1. The lowest BCUT2D eigenvalue weighted by Crippen LogP contribution is -2.21. The third-order valence-electron chi connectivity index (χ3n) is 3.47. The molecule has 1 heterocycles. The summed E-state index contributed by atoms with van der Waals surface area (Å²) in [5.74, 6) is -2.15. The maximum atomic E-state index is 12.6. The van der Waals surface area contributed by atoms with Crippen molar-refractivity contribution >= 4 is 32.9 Å². The van der Waals surface area contributed by atoms with E-state index in [9.17, 15) is 14.7 Å². The average Bonchev–Trinajstić information content (AvgIpc) is 2.52. The number of hydrogen-bond donors (Lipinski definition) is 1. The van der Waals surface area contributed by atoms with Crippen LogP contribution in [0.15, 0.2) is 68.5 Å². The Kier molecular flexibility index (Phi) is 3.81. The predicted molar refractivity (Wildman–Crippen MR) is 86.1 cm³/mol. The van der Waals surface area contributed by atoms with Gasteiger partial charge in [0.05, 0.1) is 17.2 Å². The van der Waals surface area contributed by atoms with Gasteiger partial charge in [0.1, 0.15) is 11.5 Å². The van der Waals surface area contributed by atoms with E-state index in [0.717, 1.165) is 4.47 Å². The van der Waals surface area contributed by atoms with Gasteiger partial charge >= 0.3 is 5.97 Å². The molecule has 0 radical (unpaired) electrons. The van der Waals surface area contributed by atoms with Gasteiger partial charge < -0.3 is 9.52 Å². The van der Waals surface area contributed by atoms with Crippen molar-refractivity contribution in [2.24, 2.45) is 0 Å². The normalized spacial score (nSPS) is 12.2. The summed E-state index contributed by atoms with van der Waals surface area (Å²) >= 11 is 3.31. The highest BCUT2D eigenvalue weighted by molar-refractivity contribution is 9.10. The van der Waals surface area contributed by atoms with Gasteiger partial charge in [-0.05, 0) is 29.8 Å². The molecule has 3 rings (SSSR count). The number of benzene rings is 2. The fraction of sp³-hybridized carbons (Fsp3) is 0.0588. The van der Waals surface area contributed by atoms with Crippen LogP contribution in [0, 0.1) is 0 Å². The molecule has 0 aliphatic heterocycles. The van der Waals surface area contributed by atoms with Gasteiger partial charge in [-0.3, -0.25) is 9.59 Å². The Morgan fingerprint density at radius 3 is 2.45 bits per heavy atom. The van der Waals surface area contributed by atoms with Gasteiger partial charge in [0.2, 0.25) is 0 Å². The molecule has 0 amide bonds. The van der Waals surface area contributed by atoms with Gasteiger partial charge in [-0.15, -0.1) is 0 Å². The minimum absolute atomic E-state index is 0.119. The lowest BCUT2D eigenvalue weighted by atomic mass is 9.92. The highest BCUT2D eigenvalue weighted by Gasteiger charge is 2.26. The van der Waals surface area contributed by atoms with Crippen molar-refractivity contribution in [3.05, 3.63) is 80.6 Å². The third-order valence-corrected chi connectivity index (χ3v) is 4.00. The molecule has 2 aromatic carbocycles. The number of fused-ring (bicyclic) bond motifs is 1. The number of para-hydroxylation sites is 1. The van der Waals surface area contributed by atoms with Crippen LogP contribution in [-0.2, 0) is 4.79 Å². The molecule has 0 spiro atoms. The first-order valence-electron chi connectivity index (χ1n) is 6.56. The van der Waals surface area contributed by atoms with Crippen LogP contribution in [0.2, 0.25) is 0 Å². The summed E-state index contributed by atoms with van der Waals surface area (Å²) < 4.78 is 6.27. The molecule has 1 unspecified atom stereocenters. The highest BCUT2D eigenvalue weighted by Crippen LogP contribution is 2.26. The van der Waals surface area contributed by atoms with E-state index in [-0.39, 0.29) is 11.0 Å². The second-order valence-electron chi connectivity index (χ2n) is 4.84. The minimum atomic E-state index is -1.09. The zero-order chi connectivity index (χ0) is 15.7. The standard InChI is InChI=1S/C17H11BrO4/c18-11-7-5-10(6-8-11)15(17(20)21)13-9-22-14-4-2-1-3-12(14)16(13)19/h1-9,15H,(H,20,21). The molecule has 0 fully saturated rings. The van der Waals surface area contributed by atoms with Crippen LogP contribution in [0.5, 0.6) is 0 Å². The van der Waals surface area contributed by atoms with Gasteiger partial charge in [0, 0.05) is 4.47 Å². The Hall–Kier alpha value is -2.40. The summed E-state index contributed by atoms with van der Waals surface area (Å²) in [6, 6.07) is 13.6. The molecule has 0 saturated heterocycles. The van der Waals surface area contributed by atoms with Crippen molar-refractivity contribution < 1.29 is 14.3 Å². The van der Waals surface area contributed by atoms with Gasteiger partial charge in [0.15, 0.2) is 5.43 Å². The summed E-state index contributed by atoms with van der Waals surface area (Å²) in [5.41, 5.74) is 0.764. The summed E-state index contributed by atoms with van der Waals surface area (Å²) in [7, 11) is 0. The zero-order valence-electron chi connectivity index (χ0n) is 11.3. The summed E-state index contributed by atoms with van der Waals surface area (Å²) in [6.07, 6.45) is 1.24. The molecule has 0 saturated carbocycles. The molecule has 1 N–H and O–H groups in total. The Balaban J connectivity index is 2.21. The second kappa shape index (κ2) is 5.77. The summed E-state index contributed by atoms with van der Waals surface area (Å²) in [6.45, 7) is 0. The zero-order valence-corrected chi connectivity index (χ0v) is 12.9. The molecule has 1 atom stereocenters. The molecule has 0 aliphatic rings. The van der Waals surface area contributed by atoms with E-state index in [2.05, 4.69) is 15.9 Å². The van der Waals surface area contributed by atoms with E-state index in [1.807, 2.05) is 0 Å². The SMILES string of the molecule is O=C(O)C(c1ccc(Br)cc1)c1coc2ccccc2c1=O. The molecular formula is C17H11BrO4. The summed E-state index contributed by atoms with van der Waals surface area (Å²) in [4.78, 5) is 24.3. The Labute approximate surface area is 134 Å². The molecule has 4 nitrogen and oxygen atoms in total. The van der Waals surface area contributed by atoms with E-state index in [1.54, 1.807) is 48.5 Å². The molecule has 1 aromatic heterocycles. The maximum absolute atomic E-state index is 12.6. The second-order valence-corrected chi connectivity index (χ2v) is 5.75. The predicted octanol–water partition coefficient (Wildman–Crippen LogP) is 3.77. The first-order valence-corrected chi connectivity index (χ1v) is 7.36. The number of halogens is 1. The van der Waals surface area contributed by atoms with Crippen LogP contribution in [-0.4, -0.2) is 11.1 Å². The molecule has 5 heteroatoms. The minimum Gasteiger partial charge on any atom is -0.481 e. The third kappa shape index (κ3) is 2.55. The van der Waals surface area contributed by atoms with Crippen molar-refractivity contribution in [2.45, 2.75) is 5.92 Å². The van der Waals surface area contributed by atoms with Crippen molar-refractivity contribution in [3.63, 3.8) is 0 Å².